The second-order valence-electron chi connectivity index (χ2n) is 3.72. The molecule has 1 N–H and O–H groups in total. The molecule has 0 atom stereocenters. The highest BCUT2D eigenvalue weighted by Crippen LogP contribution is 2.30. The fourth-order valence-corrected chi connectivity index (χ4v) is 2.57. The van der Waals surface area contributed by atoms with Crippen molar-refractivity contribution < 1.29 is 0 Å². The molecule has 5 nitrogen and oxygen atoms in total. The van der Waals surface area contributed by atoms with E-state index < -0.39 is 0 Å². The summed E-state index contributed by atoms with van der Waals surface area (Å²) in [5, 5.41) is 16.2. The Balaban J connectivity index is 2.24. The lowest BCUT2D eigenvalue weighted by Gasteiger charge is -2.09. The molecule has 96 valence electrons. The minimum Gasteiger partial charge on any atom is -0.313 e. The van der Waals surface area contributed by atoms with Crippen LogP contribution in [0.1, 0.15) is 12.5 Å². The topological polar surface area (TPSA) is 55.6 Å². The van der Waals surface area contributed by atoms with Crippen LogP contribution in [0, 0.1) is 0 Å². The van der Waals surface area contributed by atoms with Gasteiger partial charge in [0.25, 0.3) is 0 Å². The number of halogens is 1. The molecule has 7 heteroatoms. The normalized spacial score (nSPS) is 10.8. The van der Waals surface area contributed by atoms with Gasteiger partial charge in [0.2, 0.25) is 5.16 Å². The lowest BCUT2D eigenvalue weighted by atomic mass is 10.2. The monoisotopic (exact) mass is 283 g/mol. The first-order valence-corrected chi connectivity index (χ1v) is 6.79. The number of benzene rings is 1. The van der Waals surface area contributed by atoms with Crippen LogP contribution >= 0.6 is 23.4 Å². The number of tetrazole rings is 1. The van der Waals surface area contributed by atoms with Crippen molar-refractivity contribution in [3.8, 4) is 0 Å². The Kier molecular flexibility index (Phi) is 4.57. The van der Waals surface area contributed by atoms with E-state index in [1.165, 1.54) is 17.3 Å². The summed E-state index contributed by atoms with van der Waals surface area (Å²) >= 11 is 7.55. The first kappa shape index (κ1) is 13.3. The first-order chi connectivity index (χ1) is 8.70. The van der Waals surface area contributed by atoms with Crippen LogP contribution in [0.3, 0.4) is 0 Å². The zero-order chi connectivity index (χ0) is 13.0. The molecule has 0 fully saturated rings. The van der Waals surface area contributed by atoms with E-state index in [9.17, 15) is 0 Å². The van der Waals surface area contributed by atoms with Crippen molar-refractivity contribution in [2.75, 3.05) is 6.54 Å². The average Bonchev–Trinajstić information content (AvgIpc) is 2.74. The van der Waals surface area contributed by atoms with Crippen LogP contribution in [-0.4, -0.2) is 26.8 Å². The molecule has 2 rings (SSSR count). The van der Waals surface area contributed by atoms with Gasteiger partial charge < -0.3 is 5.32 Å². The molecule has 0 aliphatic heterocycles. The van der Waals surface area contributed by atoms with Gasteiger partial charge in [0.15, 0.2) is 0 Å². The van der Waals surface area contributed by atoms with E-state index in [1.807, 2.05) is 25.2 Å². The van der Waals surface area contributed by atoms with Crippen molar-refractivity contribution in [2.24, 2.45) is 7.05 Å². The van der Waals surface area contributed by atoms with Crippen LogP contribution in [0.5, 0.6) is 0 Å². The zero-order valence-electron chi connectivity index (χ0n) is 10.2. The highest BCUT2D eigenvalue weighted by atomic mass is 35.5. The summed E-state index contributed by atoms with van der Waals surface area (Å²) < 4.78 is 1.64. The smallest absolute Gasteiger partial charge is 0.213 e. The minimum atomic E-state index is 0.716. The third kappa shape index (κ3) is 3.22. The molecular weight excluding hydrogens is 270 g/mol. The molecule has 0 amide bonds. The fourth-order valence-electron chi connectivity index (χ4n) is 1.44. The number of nitrogens with one attached hydrogen (secondary N) is 1. The first-order valence-electron chi connectivity index (χ1n) is 5.60. The van der Waals surface area contributed by atoms with E-state index in [-0.39, 0.29) is 0 Å². The van der Waals surface area contributed by atoms with E-state index in [0.29, 0.717) is 5.02 Å². The van der Waals surface area contributed by atoms with E-state index >= 15 is 0 Å². The molecule has 0 unspecified atom stereocenters. The summed E-state index contributed by atoms with van der Waals surface area (Å²) in [7, 11) is 1.82. The third-order valence-electron chi connectivity index (χ3n) is 2.38. The van der Waals surface area contributed by atoms with E-state index in [4.69, 9.17) is 11.6 Å². The molecule has 2 aromatic rings. The molecule has 1 aromatic heterocycles. The molecule has 0 aliphatic carbocycles. The largest absolute Gasteiger partial charge is 0.313 e. The highest BCUT2D eigenvalue weighted by Gasteiger charge is 2.09. The van der Waals surface area contributed by atoms with Crippen molar-refractivity contribution >= 4 is 23.4 Å². The number of aromatic nitrogens is 4. The second kappa shape index (κ2) is 6.17. The van der Waals surface area contributed by atoms with Gasteiger partial charge in [-0.25, -0.2) is 4.68 Å². The van der Waals surface area contributed by atoms with E-state index in [1.54, 1.807) is 4.68 Å². The predicted octanol–water partition coefficient (Wildman–Crippen LogP) is 2.12. The van der Waals surface area contributed by atoms with Crippen molar-refractivity contribution in [1.82, 2.24) is 25.5 Å². The second-order valence-corrected chi connectivity index (χ2v) is 5.17. The summed E-state index contributed by atoms with van der Waals surface area (Å²) in [5.41, 5.74) is 1.19. The third-order valence-corrected chi connectivity index (χ3v) is 3.74. The quantitative estimate of drug-likeness (QED) is 0.911. The predicted molar refractivity (Wildman–Crippen MR) is 71.8 cm³/mol. The molecule has 0 saturated carbocycles. The van der Waals surface area contributed by atoms with E-state index in [0.717, 1.165) is 23.1 Å². The molecule has 0 spiro atoms. The van der Waals surface area contributed by atoms with Gasteiger partial charge in [-0.15, -0.1) is 5.10 Å². The van der Waals surface area contributed by atoms with Gasteiger partial charge in [-0.1, -0.05) is 24.6 Å². The minimum absolute atomic E-state index is 0.716. The molecular formula is C11H14ClN5S. The van der Waals surface area contributed by atoms with Gasteiger partial charge in [0.1, 0.15) is 0 Å². The standard InChI is InChI=1S/C11H14ClN5S/c1-3-13-7-8-4-5-9(12)6-10(8)18-11-14-15-16-17(11)2/h4-6,13H,3,7H2,1-2H3. The Morgan fingerprint density at radius 3 is 2.94 bits per heavy atom. The van der Waals surface area contributed by atoms with Crippen molar-refractivity contribution in [3.63, 3.8) is 0 Å². The molecule has 0 bridgehead atoms. The fraction of sp³-hybridized carbons (Fsp3) is 0.364. The highest BCUT2D eigenvalue weighted by molar-refractivity contribution is 7.99. The number of rotatable bonds is 5. The van der Waals surface area contributed by atoms with Crippen LogP contribution in [-0.2, 0) is 13.6 Å². The summed E-state index contributed by atoms with van der Waals surface area (Å²) in [6, 6.07) is 5.86. The Hall–Kier alpha value is -1.11. The number of hydrogen-bond donors (Lipinski definition) is 1. The van der Waals surface area contributed by atoms with Crippen molar-refractivity contribution in [2.45, 2.75) is 23.5 Å². The van der Waals surface area contributed by atoms with Crippen LogP contribution in [0.2, 0.25) is 5.02 Å². The van der Waals surface area contributed by atoms with Crippen LogP contribution in [0.25, 0.3) is 0 Å². The van der Waals surface area contributed by atoms with Crippen LogP contribution in [0.15, 0.2) is 28.3 Å². The maximum atomic E-state index is 6.04. The molecule has 0 aliphatic rings. The molecule has 0 radical (unpaired) electrons. The molecule has 18 heavy (non-hydrogen) atoms. The maximum Gasteiger partial charge on any atom is 0.213 e. The van der Waals surface area contributed by atoms with E-state index in [2.05, 4.69) is 27.8 Å². The van der Waals surface area contributed by atoms with Crippen molar-refractivity contribution in [3.05, 3.63) is 28.8 Å². The Morgan fingerprint density at radius 2 is 2.28 bits per heavy atom. The maximum absolute atomic E-state index is 6.04. The molecule has 1 heterocycles. The summed E-state index contributed by atoms with van der Waals surface area (Å²) in [4.78, 5) is 1.07. The van der Waals surface area contributed by atoms with Gasteiger partial charge in [-0.3, -0.25) is 0 Å². The zero-order valence-corrected chi connectivity index (χ0v) is 11.8. The lowest BCUT2D eigenvalue weighted by Crippen LogP contribution is -2.12. The van der Waals surface area contributed by atoms with Crippen LogP contribution in [0.4, 0.5) is 0 Å². The SMILES string of the molecule is CCNCc1ccc(Cl)cc1Sc1nnnn1C. The van der Waals surface area contributed by atoms with Crippen LogP contribution < -0.4 is 5.32 Å². The Bertz CT molecular complexity index is 528. The number of aryl methyl sites for hydroxylation is 1. The van der Waals surface area contributed by atoms with Gasteiger partial charge >= 0.3 is 0 Å². The van der Waals surface area contributed by atoms with Crippen molar-refractivity contribution in [1.29, 1.82) is 0 Å². The Labute approximate surface area is 115 Å². The Morgan fingerprint density at radius 1 is 1.44 bits per heavy atom. The van der Waals surface area contributed by atoms with Gasteiger partial charge in [-0.05, 0) is 46.4 Å². The lowest BCUT2D eigenvalue weighted by molar-refractivity contribution is 0.664. The number of nitrogens with zero attached hydrogens (tertiary/aromatic N) is 4. The van der Waals surface area contributed by atoms with Gasteiger partial charge in [0.05, 0.1) is 0 Å². The van der Waals surface area contributed by atoms with Gasteiger partial charge in [0, 0.05) is 23.5 Å². The van der Waals surface area contributed by atoms with Gasteiger partial charge in [-0.2, -0.15) is 0 Å². The molecule has 1 aromatic carbocycles. The summed E-state index contributed by atoms with van der Waals surface area (Å²) in [5.74, 6) is 0. The molecule has 0 saturated heterocycles. The summed E-state index contributed by atoms with van der Waals surface area (Å²) in [6.45, 7) is 3.81. The average molecular weight is 284 g/mol. The summed E-state index contributed by atoms with van der Waals surface area (Å²) in [6.07, 6.45) is 0. The number of hydrogen-bond acceptors (Lipinski definition) is 5.